The predicted molar refractivity (Wildman–Crippen MR) is 99.5 cm³/mol. The standard InChI is InChI=1S/C18H27ClN4O/c1-4-10-20-15-8-6-14(7-9-15)12-21-17(24)11-18(5-2)16(19)13-23(3)22-18/h6-9,13,20,22H,4-5,10-12H2,1-3H3,(H,21,24). The van der Waals surface area contributed by atoms with Crippen LogP contribution in [0.4, 0.5) is 5.69 Å². The Bertz CT molecular complexity index is 587. The number of carbonyl (C=O) groups is 1. The van der Waals surface area contributed by atoms with Gasteiger partial charge in [-0.05, 0) is 30.5 Å². The molecule has 0 fully saturated rings. The number of carbonyl (C=O) groups excluding carboxylic acids is 1. The summed E-state index contributed by atoms with van der Waals surface area (Å²) >= 11 is 6.32. The summed E-state index contributed by atoms with van der Waals surface area (Å²) < 4.78 is 0. The Balaban J connectivity index is 1.86. The number of nitrogens with one attached hydrogen (secondary N) is 3. The molecule has 0 saturated heterocycles. The SMILES string of the molecule is CCCNc1ccc(CNC(=O)CC2(CC)NN(C)C=C2Cl)cc1. The number of hydrogen-bond donors (Lipinski definition) is 3. The fraction of sp³-hybridized carbons (Fsp3) is 0.500. The average molecular weight is 351 g/mol. The van der Waals surface area contributed by atoms with Gasteiger partial charge in [0.25, 0.3) is 0 Å². The molecular formula is C18H27ClN4O. The van der Waals surface area contributed by atoms with Gasteiger partial charge in [0.05, 0.1) is 17.0 Å². The van der Waals surface area contributed by atoms with Crippen molar-refractivity contribution in [3.05, 3.63) is 41.1 Å². The molecule has 1 heterocycles. The summed E-state index contributed by atoms with van der Waals surface area (Å²) in [6.07, 6.45) is 3.98. The van der Waals surface area contributed by atoms with Crippen molar-refractivity contribution in [2.45, 2.75) is 45.2 Å². The Kier molecular flexibility index (Phi) is 6.52. The molecule has 24 heavy (non-hydrogen) atoms. The topological polar surface area (TPSA) is 56.4 Å². The fourth-order valence-corrected chi connectivity index (χ4v) is 3.15. The third-order valence-electron chi connectivity index (χ3n) is 4.24. The summed E-state index contributed by atoms with van der Waals surface area (Å²) in [7, 11) is 1.88. The van der Waals surface area contributed by atoms with Gasteiger partial charge in [0.1, 0.15) is 0 Å². The molecule has 1 amide bonds. The van der Waals surface area contributed by atoms with Crippen LogP contribution in [0.15, 0.2) is 35.5 Å². The number of anilines is 1. The molecule has 0 saturated carbocycles. The second kappa shape index (κ2) is 8.40. The van der Waals surface area contributed by atoms with E-state index in [2.05, 4.69) is 23.0 Å². The van der Waals surface area contributed by atoms with Crippen molar-refractivity contribution in [2.75, 3.05) is 18.9 Å². The largest absolute Gasteiger partial charge is 0.385 e. The van der Waals surface area contributed by atoms with Gasteiger partial charge in [-0.3, -0.25) is 4.79 Å². The first-order chi connectivity index (χ1) is 11.5. The first-order valence-corrected chi connectivity index (χ1v) is 8.85. The number of benzene rings is 1. The number of nitrogens with zero attached hydrogens (tertiary/aromatic N) is 1. The van der Waals surface area contributed by atoms with Gasteiger partial charge in [-0.1, -0.05) is 37.6 Å². The number of amides is 1. The average Bonchev–Trinajstić information content (AvgIpc) is 2.86. The summed E-state index contributed by atoms with van der Waals surface area (Å²) in [6, 6.07) is 8.14. The van der Waals surface area contributed by atoms with Gasteiger partial charge in [0.15, 0.2) is 0 Å². The number of hydrogen-bond acceptors (Lipinski definition) is 4. The van der Waals surface area contributed by atoms with Crippen LogP contribution in [0.1, 0.15) is 38.7 Å². The molecule has 1 aromatic carbocycles. The highest BCUT2D eigenvalue weighted by atomic mass is 35.5. The number of rotatable bonds is 8. The molecule has 2 rings (SSSR count). The smallest absolute Gasteiger partial charge is 0.222 e. The molecule has 6 heteroatoms. The molecule has 3 N–H and O–H groups in total. The van der Waals surface area contributed by atoms with E-state index in [-0.39, 0.29) is 5.91 Å². The molecule has 0 spiro atoms. The van der Waals surface area contributed by atoms with Crippen molar-refractivity contribution in [3.8, 4) is 0 Å². The predicted octanol–water partition coefficient (Wildman–Crippen LogP) is 3.19. The van der Waals surface area contributed by atoms with Gasteiger partial charge < -0.3 is 15.6 Å². The molecule has 1 aliphatic heterocycles. The maximum Gasteiger partial charge on any atom is 0.222 e. The van der Waals surface area contributed by atoms with E-state index in [9.17, 15) is 4.79 Å². The van der Waals surface area contributed by atoms with Crippen molar-refractivity contribution in [1.29, 1.82) is 0 Å². The zero-order valence-corrected chi connectivity index (χ0v) is 15.4. The summed E-state index contributed by atoms with van der Waals surface area (Å²) in [5.41, 5.74) is 4.95. The van der Waals surface area contributed by atoms with Crippen molar-refractivity contribution in [3.63, 3.8) is 0 Å². The number of halogens is 1. The van der Waals surface area contributed by atoms with E-state index in [1.165, 1.54) is 0 Å². The molecule has 132 valence electrons. The first kappa shape index (κ1) is 18.6. The van der Waals surface area contributed by atoms with Crippen LogP contribution in [0, 0.1) is 0 Å². The normalized spacial score (nSPS) is 20.0. The summed E-state index contributed by atoms with van der Waals surface area (Å²) in [6.45, 7) is 5.64. The Hall–Kier alpha value is -1.72. The van der Waals surface area contributed by atoms with Gasteiger partial charge >= 0.3 is 0 Å². The summed E-state index contributed by atoms with van der Waals surface area (Å²) in [5, 5.41) is 8.80. The Morgan fingerprint density at radius 3 is 2.54 bits per heavy atom. The maximum absolute atomic E-state index is 12.3. The molecule has 1 atom stereocenters. The van der Waals surface area contributed by atoms with Crippen molar-refractivity contribution in [2.24, 2.45) is 0 Å². The van der Waals surface area contributed by atoms with Gasteiger partial charge in [-0.15, -0.1) is 0 Å². The molecule has 0 bridgehead atoms. The van der Waals surface area contributed by atoms with Crippen LogP contribution in [-0.4, -0.2) is 30.0 Å². The van der Waals surface area contributed by atoms with Crippen LogP contribution < -0.4 is 16.1 Å². The number of hydrazine groups is 1. The van der Waals surface area contributed by atoms with E-state index in [4.69, 9.17) is 11.6 Å². The third-order valence-corrected chi connectivity index (χ3v) is 4.70. The van der Waals surface area contributed by atoms with Gasteiger partial charge in [-0.25, -0.2) is 5.43 Å². The van der Waals surface area contributed by atoms with E-state index >= 15 is 0 Å². The van der Waals surface area contributed by atoms with E-state index in [1.807, 2.05) is 44.4 Å². The van der Waals surface area contributed by atoms with E-state index in [0.717, 1.165) is 30.6 Å². The van der Waals surface area contributed by atoms with Crippen LogP contribution >= 0.6 is 11.6 Å². The maximum atomic E-state index is 12.3. The Morgan fingerprint density at radius 1 is 1.29 bits per heavy atom. The molecular weight excluding hydrogens is 324 g/mol. The molecule has 1 aromatic rings. The van der Waals surface area contributed by atoms with E-state index < -0.39 is 5.54 Å². The highest BCUT2D eigenvalue weighted by molar-refractivity contribution is 6.31. The van der Waals surface area contributed by atoms with Crippen molar-refractivity contribution >= 4 is 23.2 Å². The minimum Gasteiger partial charge on any atom is -0.385 e. The van der Waals surface area contributed by atoms with Crippen LogP contribution in [-0.2, 0) is 11.3 Å². The molecule has 0 radical (unpaired) electrons. The van der Waals surface area contributed by atoms with Crippen LogP contribution in [0.25, 0.3) is 0 Å². The summed E-state index contributed by atoms with van der Waals surface area (Å²) in [5.74, 6) is -0.0145. The third kappa shape index (κ3) is 4.65. The molecule has 1 unspecified atom stereocenters. The molecule has 1 aliphatic rings. The lowest BCUT2D eigenvalue weighted by Crippen LogP contribution is -2.49. The van der Waals surface area contributed by atoms with Crippen LogP contribution in [0.2, 0.25) is 0 Å². The lowest BCUT2D eigenvalue weighted by molar-refractivity contribution is -0.122. The first-order valence-electron chi connectivity index (χ1n) is 8.47. The van der Waals surface area contributed by atoms with E-state index in [0.29, 0.717) is 18.0 Å². The highest BCUT2D eigenvalue weighted by Gasteiger charge is 2.39. The van der Waals surface area contributed by atoms with Gasteiger partial charge in [0.2, 0.25) is 5.91 Å². The minimum absolute atomic E-state index is 0.0145. The molecule has 0 aromatic heterocycles. The van der Waals surface area contributed by atoms with Crippen LogP contribution in [0.3, 0.4) is 0 Å². The zero-order valence-electron chi connectivity index (χ0n) is 14.7. The van der Waals surface area contributed by atoms with Gasteiger partial charge in [0, 0.05) is 32.0 Å². The highest BCUT2D eigenvalue weighted by Crippen LogP contribution is 2.32. The van der Waals surface area contributed by atoms with Crippen LogP contribution in [0.5, 0.6) is 0 Å². The second-order valence-electron chi connectivity index (χ2n) is 6.21. The van der Waals surface area contributed by atoms with Gasteiger partial charge in [-0.2, -0.15) is 0 Å². The lowest BCUT2D eigenvalue weighted by atomic mass is 9.92. The Morgan fingerprint density at radius 2 is 2.00 bits per heavy atom. The lowest BCUT2D eigenvalue weighted by Gasteiger charge is -2.29. The summed E-state index contributed by atoms with van der Waals surface area (Å²) in [4.78, 5) is 12.3. The quantitative estimate of drug-likeness (QED) is 0.674. The molecule has 0 aliphatic carbocycles. The minimum atomic E-state index is -0.492. The van der Waals surface area contributed by atoms with Crippen molar-refractivity contribution < 1.29 is 4.79 Å². The van der Waals surface area contributed by atoms with E-state index in [1.54, 1.807) is 5.01 Å². The molecule has 5 nitrogen and oxygen atoms in total. The fourth-order valence-electron chi connectivity index (χ4n) is 2.76. The Labute approximate surface area is 149 Å². The monoisotopic (exact) mass is 350 g/mol. The van der Waals surface area contributed by atoms with Crippen molar-refractivity contribution in [1.82, 2.24) is 15.8 Å². The second-order valence-corrected chi connectivity index (χ2v) is 6.62. The zero-order chi connectivity index (χ0) is 17.6.